The zero-order valence-corrected chi connectivity index (χ0v) is 17.7. The van der Waals surface area contributed by atoms with Gasteiger partial charge in [0, 0.05) is 11.6 Å². The van der Waals surface area contributed by atoms with Gasteiger partial charge in [-0.25, -0.2) is 0 Å². The predicted octanol–water partition coefficient (Wildman–Crippen LogP) is 6.02. The van der Waals surface area contributed by atoms with Crippen LogP contribution in [0.2, 0.25) is 5.02 Å². The number of hydrogen-bond acceptors (Lipinski definition) is 5. The maximum atomic E-state index is 12.6. The number of carbonyl (C=O) groups excluding carboxylic acids is 2. The number of amides is 2. The lowest BCUT2D eigenvalue weighted by Crippen LogP contribution is -2.32. The number of thioether (sulfide) groups is 1. The Bertz CT molecular complexity index is 1140. The highest BCUT2D eigenvalue weighted by Gasteiger charge is 2.35. The number of ether oxygens (including phenoxy) is 1. The summed E-state index contributed by atoms with van der Waals surface area (Å²) in [6.07, 6.45) is 1.58. The van der Waals surface area contributed by atoms with Crippen molar-refractivity contribution in [2.45, 2.75) is 6.92 Å². The fraction of sp³-hybridized carbons (Fsp3) is 0.130. The molecular formula is C23H18ClNO4S. The van der Waals surface area contributed by atoms with E-state index in [9.17, 15) is 9.59 Å². The first kappa shape index (κ1) is 20.3. The van der Waals surface area contributed by atoms with Crippen LogP contribution in [-0.4, -0.2) is 29.2 Å². The monoisotopic (exact) mass is 439 g/mol. The minimum Gasteiger partial charge on any atom is -0.492 e. The fourth-order valence-corrected chi connectivity index (χ4v) is 4.09. The molecule has 1 aliphatic heterocycles. The molecule has 2 aromatic carbocycles. The van der Waals surface area contributed by atoms with E-state index < -0.39 is 0 Å². The second kappa shape index (κ2) is 8.81. The van der Waals surface area contributed by atoms with Crippen LogP contribution in [0.3, 0.4) is 0 Å². The van der Waals surface area contributed by atoms with Crippen LogP contribution < -0.4 is 4.74 Å². The summed E-state index contributed by atoms with van der Waals surface area (Å²) >= 11 is 7.09. The number of imide groups is 1. The number of halogens is 1. The van der Waals surface area contributed by atoms with Crippen molar-refractivity contribution in [3.8, 4) is 17.1 Å². The van der Waals surface area contributed by atoms with Crippen LogP contribution in [-0.2, 0) is 4.79 Å². The van der Waals surface area contributed by atoms with Gasteiger partial charge < -0.3 is 9.15 Å². The van der Waals surface area contributed by atoms with Gasteiger partial charge in [-0.05, 0) is 60.6 Å². The summed E-state index contributed by atoms with van der Waals surface area (Å²) in [5, 5.41) is 0.254. The first-order valence-electron chi connectivity index (χ1n) is 9.31. The molecule has 4 rings (SSSR count). The molecule has 7 heteroatoms. The van der Waals surface area contributed by atoms with Gasteiger partial charge in [-0.1, -0.05) is 35.9 Å². The summed E-state index contributed by atoms with van der Waals surface area (Å²) in [6.45, 7) is 2.38. The highest BCUT2D eigenvalue weighted by atomic mass is 35.5. The molecule has 3 aromatic rings. The van der Waals surface area contributed by atoms with Gasteiger partial charge in [0.15, 0.2) is 0 Å². The molecule has 0 saturated carbocycles. The average molecular weight is 440 g/mol. The van der Waals surface area contributed by atoms with Gasteiger partial charge >= 0.3 is 0 Å². The van der Waals surface area contributed by atoms with Gasteiger partial charge in [-0.2, -0.15) is 0 Å². The molecule has 1 aliphatic rings. The van der Waals surface area contributed by atoms with Crippen LogP contribution in [0.15, 0.2) is 70.0 Å². The van der Waals surface area contributed by atoms with E-state index in [0.717, 1.165) is 22.9 Å². The van der Waals surface area contributed by atoms with E-state index in [1.165, 1.54) is 4.90 Å². The van der Waals surface area contributed by atoms with Crippen molar-refractivity contribution in [2.24, 2.45) is 0 Å². The molecule has 2 amide bonds. The normalized spacial score (nSPS) is 15.3. The molecule has 0 unspecified atom stereocenters. The molecule has 0 bridgehead atoms. The van der Waals surface area contributed by atoms with Crippen LogP contribution in [0.1, 0.15) is 11.3 Å². The van der Waals surface area contributed by atoms with Crippen LogP contribution in [0, 0.1) is 6.92 Å². The molecule has 152 valence electrons. The van der Waals surface area contributed by atoms with Crippen molar-refractivity contribution >= 4 is 40.6 Å². The quantitative estimate of drug-likeness (QED) is 0.439. The zero-order valence-electron chi connectivity index (χ0n) is 16.1. The lowest BCUT2D eigenvalue weighted by atomic mass is 10.2. The molecule has 30 heavy (non-hydrogen) atoms. The van der Waals surface area contributed by atoms with E-state index in [1.807, 2.05) is 49.4 Å². The Hall–Kier alpha value is -2.96. The summed E-state index contributed by atoms with van der Waals surface area (Å²) in [4.78, 5) is 26.4. The first-order chi connectivity index (χ1) is 14.5. The van der Waals surface area contributed by atoms with Gasteiger partial charge in [0.25, 0.3) is 11.1 Å². The Morgan fingerprint density at radius 2 is 1.93 bits per heavy atom. The number of hydrogen-bond donors (Lipinski definition) is 0. The smallest absolute Gasteiger partial charge is 0.293 e. The highest BCUT2D eigenvalue weighted by molar-refractivity contribution is 8.18. The Balaban J connectivity index is 1.42. The topological polar surface area (TPSA) is 59.8 Å². The molecule has 0 radical (unpaired) electrons. The number of rotatable bonds is 6. The molecule has 0 aliphatic carbocycles. The maximum Gasteiger partial charge on any atom is 0.293 e. The number of furan rings is 1. The van der Waals surface area contributed by atoms with E-state index in [4.69, 9.17) is 20.8 Å². The maximum absolute atomic E-state index is 12.6. The van der Waals surface area contributed by atoms with Crippen LogP contribution in [0.5, 0.6) is 5.75 Å². The van der Waals surface area contributed by atoms with Crippen molar-refractivity contribution in [3.05, 3.63) is 81.9 Å². The van der Waals surface area contributed by atoms with Gasteiger partial charge in [0.1, 0.15) is 23.9 Å². The summed E-state index contributed by atoms with van der Waals surface area (Å²) < 4.78 is 11.5. The second-order valence-corrected chi connectivity index (χ2v) is 8.08. The standard InChI is InChI=1S/C23H18ClNO4S/c1-15-5-4-6-16(13-15)28-12-11-25-22(26)21(30-23(25)27)14-17-9-10-20(29-17)18-7-2-3-8-19(18)24/h2-10,13-14H,11-12H2,1H3/b21-14-. The number of benzene rings is 2. The Labute approximate surface area is 183 Å². The van der Waals surface area contributed by atoms with Crippen molar-refractivity contribution in [2.75, 3.05) is 13.2 Å². The Morgan fingerprint density at radius 1 is 1.10 bits per heavy atom. The van der Waals surface area contributed by atoms with E-state index in [1.54, 1.807) is 24.3 Å². The van der Waals surface area contributed by atoms with E-state index in [-0.39, 0.29) is 24.3 Å². The lowest BCUT2D eigenvalue weighted by Gasteiger charge is -2.13. The Kier molecular flexibility index (Phi) is 5.97. The third kappa shape index (κ3) is 4.45. The minimum atomic E-state index is -0.353. The molecule has 0 atom stereocenters. The summed E-state index contributed by atoms with van der Waals surface area (Å²) in [5.74, 6) is 1.43. The molecule has 0 N–H and O–H groups in total. The molecule has 1 saturated heterocycles. The lowest BCUT2D eigenvalue weighted by molar-refractivity contribution is -0.123. The number of aryl methyl sites for hydroxylation is 1. The summed E-state index contributed by atoms with van der Waals surface area (Å²) in [5.41, 5.74) is 1.84. The van der Waals surface area contributed by atoms with Crippen LogP contribution in [0.4, 0.5) is 4.79 Å². The first-order valence-corrected chi connectivity index (χ1v) is 10.5. The van der Waals surface area contributed by atoms with Crippen LogP contribution >= 0.6 is 23.4 Å². The second-order valence-electron chi connectivity index (χ2n) is 6.68. The molecule has 2 heterocycles. The van der Waals surface area contributed by atoms with E-state index in [2.05, 4.69) is 0 Å². The summed E-state index contributed by atoms with van der Waals surface area (Å²) in [6, 6.07) is 18.5. The predicted molar refractivity (Wildman–Crippen MR) is 119 cm³/mol. The number of carbonyl (C=O) groups is 2. The van der Waals surface area contributed by atoms with E-state index >= 15 is 0 Å². The molecule has 0 spiro atoms. The highest BCUT2D eigenvalue weighted by Crippen LogP contribution is 2.34. The zero-order chi connectivity index (χ0) is 21.1. The minimum absolute atomic E-state index is 0.180. The van der Waals surface area contributed by atoms with E-state index in [0.29, 0.717) is 27.2 Å². The van der Waals surface area contributed by atoms with Crippen molar-refractivity contribution < 1.29 is 18.7 Å². The summed E-state index contributed by atoms with van der Waals surface area (Å²) in [7, 11) is 0. The number of nitrogens with zero attached hydrogens (tertiary/aromatic N) is 1. The van der Waals surface area contributed by atoms with Gasteiger partial charge in [-0.3, -0.25) is 14.5 Å². The third-order valence-corrected chi connectivity index (χ3v) is 5.72. The van der Waals surface area contributed by atoms with Crippen LogP contribution in [0.25, 0.3) is 17.4 Å². The molecule has 5 nitrogen and oxygen atoms in total. The molecule has 1 aromatic heterocycles. The van der Waals surface area contributed by atoms with Crippen molar-refractivity contribution in [3.63, 3.8) is 0 Å². The molecule has 1 fully saturated rings. The van der Waals surface area contributed by atoms with Crippen molar-refractivity contribution in [1.82, 2.24) is 4.90 Å². The SMILES string of the molecule is Cc1cccc(OCCN2C(=O)S/C(=C\c3ccc(-c4ccccc4Cl)o3)C2=O)c1. The largest absolute Gasteiger partial charge is 0.492 e. The molecular weight excluding hydrogens is 422 g/mol. The van der Waals surface area contributed by atoms with Gasteiger partial charge in [-0.15, -0.1) is 0 Å². The van der Waals surface area contributed by atoms with Crippen molar-refractivity contribution in [1.29, 1.82) is 0 Å². The average Bonchev–Trinajstić information content (AvgIpc) is 3.28. The fourth-order valence-electron chi connectivity index (χ4n) is 3.02. The van der Waals surface area contributed by atoms with Gasteiger partial charge in [0.05, 0.1) is 16.5 Å². The third-order valence-electron chi connectivity index (χ3n) is 4.49. The Morgan fingerprint density at radius 3 is 2.73 bits per heavy atom. The van der Waals surface area contributed by atoms with Gasteiger partial charge in [0.2, 0.25) is 0 Å².